The molecule has 0 radical (unpaired) electrons. The molecule has 0 aromatic heterocycles. The van der Waals surface area contributed by atoms with E-state index in [1.807, 2.05) is 36.4 Å². The second-order valence-electron chi connectivity index (χ2n) is 8.29. The molecule has 0 aliphatic heterocycles. The highest BCUT2D eigenvalue weighted by atomic mass is 35.5. The molecule has 158 valence electrons. The molecule has 0 unspecified atom stereocenters. The Kier molecular flexibility index (Phi) is 7.04. The van der Waals surface area contributed by atoms with Gasteiger partial charge in [-0.15, -0.1) is 0 Å². The Hall–Kier alpha value is -2.64. The predicted molar refractivity (Wildman–Crippen MR) is 131 cm³/mol. The van der Waals surface area contributed by atoms with Gasteiger partial charge in [-0.1, -0.05) is 91.7 Å². The van der Waals surface area contributed by atoms with Crippen molar-refractivity contribution in [1.82, 2.24) is 0 Å². The molecule has 2 heteroatoms. The molecule has 0 saturated carbocycles. The van der Waals surface area contributed by atoms with E-state index in [1.165, 1.54) is 28.7 Å². The Balaban J connectivity index is 1.43. The van der Waals surface area contributed by atoms with E-state index in [-0.39, 0.29) is 5.82 Å². The van der Waals surface area contributed by atoms with Crippen molar-refractivity contribution in [3.8, 4) is 0 Å². The van der Waals surface area contributed by atoms with Crippen molar-refractivity contribution >= 4 is 22.4 Å². The number of benzene rings is 4. The molecule has 0 atom stereocenters. The van der Waals surface area contributed by atoms with E-state index in [4.69, 9.17) is 11.6 Å². The topological polar surface area (TPSA) is 0 Å². The van der Waals surface area contributed by atoms with Crippen LogP contribution in [-0.4, -0.2) is 0 Å². The van der Waals surface area contributed by atoms with Crippen LogP contribution in [0.3, 0.4) is 0 Å². The van der Waals surface area contributed by atoms with Gasteiger partial charge in [0.1, 0.15) is 5.82 Å². The predicted octanol–water partition coefficient (Wildman–Crippen LogP) is 8.16. The van der Waals surface area contributed by atoms with Crippen LogP contribution in [0.2, 0.25) is 5.02 Å². The molecule has 0 aliphatic rings. The van der Waals surface area contributed by atoms with E-state index in [1.54, 1.807) is 0 Å². The van der Waals surface area contributed by atoms with Gasteiger partial charge in [0, 0.05) is 10.4 Å². The maximum absolute atomic E-state index is 15.1. The third-order valence-corrected chi connectivity index (χ3v) is 6.21. The smallest absolute Gasteiger partial charge is 0.134 e. The summed E-state index contributed by atoms with van der Waals surface area (Å²) in [6, 6.07) is 26.8. The number of hydrogen-bond donors (Lipinski definition) is 0. The zero-order valence-corrected chi connectivity index (χ0v) is 18.8. The summed E-state index contributed by atoms with van der Waals surface area (Å²) in [5.41, 5.74) is 5.94. The SMILES string of the molecule is CCCc1ccc(CCc2ccc3c(F)c(CCc4ccc(Cl)cc4)ccc3c2)cc1. The minimum Gasteiger partial charge on any atom is -0.206 e. The van der Waals surface area contributed by atoms with Crippen molar-refractivity contribution in [3.63, 3.8) is 0 Å². The third kappa shape index (κ3) is 5.54. The Labute approximate surface area is 189 Å². The van der Waals surface area contributed by atoms with E-state index >= 15 is 4.39 Å². The Morgan fingerprint density at radius 2 is 1.16 bits per heavy atom. The molecular weight excluding hydrogens is 403 g/mol. The van der Waals surface area contributed by atoms with Crippen molar-refractivity contribution in [2.24, 2.45) is 0 Å². The summed E-state index contributed by atoms with van der Waals surface area (Å²) in [4.78, 5) is 0. The van der Waals surface area contributed by atoms with Gasteiger partial charge in [-0.25, -0.2) is 4.39 Å². The fourth-order valence-electron chi connectivity index (χ4n) is 4.12. The van der Waals surface area contributed by atoms with Crippen molar-refractivity contribution < 1.29 is 4.39 Å². The van der Waals surface area contributed by atoms with Crippen LogP contribution in [0.15, 0.2) is 78.9 Å². The van der Waals surface area contributed by atoms with Crippen LogP contribution in [-0.2, 0) is 32.1 Å². The van der Waals surface area contributed by atoms with Gasteiger partial charge < -0.3 is 0 Å². The number of halogens is 2. The second-order valence-corrected chi connectivity index (χ2v) is 8.72. The lowest BCUT2D eigenvalue weighted by Crippen LogP contribution is -1.97. The molecule has 0 N–H and O–H groups in total. The van der Waals surface area contributed by atoms with E-state index < -0.39 is 0 Å². The maximum Gasteiger partial charge on any atom is 0.134 e. The van der Waals surface area contributed by atoms with E-state index in [2.05, 4.69) is 49.4 Å². The van der Waals surface area contributed by atoms with Gasteiger partial charge in [0.25, 0.3) is 0 Å². The van der Waals surface area contributed by atoms with E-state index in [9.17, 15) is 0 Å². The molecule has 0 heterocycles. The van der Waals surface area contributed by atoms with E-state index in [0.717, 1.165) is 41.7 Å². The van der Waals surface area contributed by atoms with Gasteiger partial charge in [0.05, 0.1) is 0 Å². The van der Waals surface area contributed by atoms with Crippen molar-refractivity contribution in [2.45, 2.75) is 45.4 Å². The molecule has 0 saturated heterocycles. The van der Waals surface area contributed by atoms with E-state index in [0.29, 0.717) is 11.8 Å². The fraction of sp³-hybridized carbons (Fsp3) is 0.241. The van der Waals surface area contributed by atoms with Crippen LogP contribution in [0.1, 0.15) is 41.2 Å². The van der Waals surface area contributed by atoms with Crippen LogP contribution >= 0.6 is 11.6 Å². The highest BCUT2D eigenvalue weighted by molar-refractivity contribution is 6.30. The summed E-state index contributed by atoms with van der Waals surface area (Å²) in [5.74, 6) is -0.0930. The highest BCUT2D eigenvalue weighted by Crippen LogP contribution is 2.24. The molecule has 4 aromatic rings. The average Bonchev–Trinajstić information content (AvgIpc) is 2.79. The minimum atomic E-state index is -0.0930. The standard InChI is InChI=1S/C29H28ClF/c1-2-3-21-4-6-22(7-5-21)8-9-24-13-19-28-26(20-24)16-15-25(29(28)31)14-10-23-11-17-27(30)18-12-23/h4-7,11-13,15-20H,2-3,8-10,14H2,1H3. The molecule has 4 aromatic carbocycles. The molecule has 0 fully saturated rings. The Morgan fingerprint density at radius 3 is 1.84 bits per heavy atom. The largest absolute Gasteiger partial charge is 0.206 e. The summed E-state index contributed by atoms with van der Waals surface area (Å²) in [7, 11) is 0. The molecule has 0 spiro atoms. The van der Waals surface area contributed by atoms with Crippen LogP contribution < -0.4 is 0 Å². The lowest BCUT2D eigenvalue weighted by atomic mass is 9.97. The number of aryl methyl sites for hydroxylation is 5. The van der Waals surface area contributed by atoms with Crippen molar-refractivity contribution in [2.75, 3.05) is 0 Å². The molecular formula is C29H28ClF. The highest BCUT2D eigenvalue weighted by Gasteiger charge is 2.09. The van der Waals surface area contributed by atoms with Gasteiger partial charge in [-0.3, -0.25) is 0 Å². The van der Waals surface area contributed by atoms with Crippen LogP contribution in [0, 0.1) is 5.82 Å². The van der Waals surface area contributed by atoms with Gasteiger partial charge in [-0.2, -0.15) is 0 Å². The van der Waals surface area contributed by atoms with Crippen LogP contribution in [0.5, 0.6) is 0 Å². The van der Waals surface area contributed by atoms with Gasteiger partial charge in [-0.05, 0) is 77.4 Å². The molecule has 0 amide bonds. The Bertz CT molecular complexity index is 1140. The normalized spacial score (nSPS) is 11.2. The molecule has 4 rings (SSSR count). The van der Waals surface area contributed by atoms with Gasteiger partial charge in [0.2, 0.25) is 0 Å². The first-order valence-corrected chi connectivity index (χ1v) is 11.5. The summed E-state index contributed by atoms with van der Waals surface area (Å²) >= 11 is 5.95. The Morgan fingerprint density at radius 1 is 0.613 bits per heavy atom. The first-order valence-electron chi connectivity index (χ1n) is 11.1. The maximum atomic E-state index is 15.1. The second kappa shape index (κ2) is 10.1. The summed E-state index contributed by atoms with van der Waals surface area (Å²) in [5, 5.41) is 2.41. The number of rotatable bonds is 8. The third-order valence-electron chi connectivity index (χ3n) is 5.96. The van der Waals surface area contributed by atoms with Crippen molar-refractivity contribution in [1.29, 1.82) is 0 Å². The average molecular weight is 431 g/mol. The molecule has 31 heavy (non-hydrogen) atoms. The van der Waals surface area contributed by atoms with Gasteiger partial charge >= 0.3 is 0 Å². The number of fused-ring (bicyclic) bond motifs is 1. The summed E-state index contributed by atoms with van der Waals surface area (Å²) in [6.07, 6.45) is 5.75. The first-order chi connectivity index (χ1) is 15.1. The minimum absolute atomic E-state index is 0.0930. The zero-order valence-electron chi connectivity index (χ0n) is 18.0. The van der Waals surface area contributed by atoms with Crippen LogP contribution in [0.4, 0.5) is 4.39 Å². The van der Waals surface area contributed by atoms with Gasteiger partial charge in [0.15, 0.2) is 0 Å². The first kappa shape index (κ1) is 21.6. The summed E-state index contributed by atoms with van der Waals surface area (Å²) in [6.45, 7) is 2.21. The van der Waals surface area contributed by atoms with Crippen LogP contribution in [0.25, 0.3) is 10.8 Å². The monoisotopic (exact) mass is 430 g/mol. The zero-order chi connectivity index (χ0) is 21.6. The lowest BCUT2D eigenvalue weighted by molar-refractivity contribution is 0.620. The lowest BCUT2D eigenvalue weighted by Gasteiger charge is -2.09. The summed E-state index contributed by atoms with van der Waals surface area (Å²) < 4.78 is 15.1. The molecule has 0 aliphatic carbocycles. The number of hydrogen-bond acceptors (Lipinski definition) is 0. The fourth-order valence-corrected chi connectivity index (χ4v) is 4.24. The molecule has 0 bridgehead atoms. The van der Waals surface area contributed by atoms with Crippen molar-refractivity contribution in [3.05, 3.63) is 118 Å². The molecule has 0 nitrogen and oxygen atoms in total. The quantitative estimate of drug-likeness (QED) is 0.264.